The normalized spacial score (nSPS) is 10.6. The first-order valence-electron chi connectivity index (χ1n) is 9.64. The highest BCUT2D eigenvalue weighted by Crippen LogP contribution is 2.35. The molecule has 0 bridgehead atoms. The molecular formula is C23H25N3O4S. The number of aromatic nitrogens is 1. The highest BCUT2D eigenvalue weighted by atomic mass is 32.1. The van der Waals surface area contributed by atoms with Crippen molar-refractivity contribution < 1.29 is 19.1 Å². The molecule has 31 heavy (non-hydrogen) atoms. The van der Waals surface area contributed by atoms with Crippen molar-refractivity contribution in [2.24, 2.45) is 5.73 Å². The summed E-state index contributed by atoms with van der Waals surface area (Å²) in [7, 11) is 1.51. The molecule has 1 aromatic heterocycles. The molecule has 7 nitrogen and oxygen atoms in total. The number of nitrogens with two attached hydrogens (primary N) is 1. The van der Waals surface area contributed by atoms with Crippen LogP contribution in [0.4, 0.5) is 10.8 Å². The van der Waals surface area contributed by atoms with Crippen LogP contribution in [0.1, 0.15) is 39.7 Å². The van der Waals surface area contributed by atoms with Crippen LogP contribution in [-0.4, -0.2) is 23.9 Å². The van der Waals surface area contributed by atoms with E-state index in [2.05, 4.69) is 4.98 Å². The van der Waals surface area contributed by atoms with Crippen LogP contribution in [0.2, 0.25) is 0 Å². The van der Waals surface area contributed by atoms with Gasteiger partial charge in [-0.2, -0.15) is 0 Å². The molecule has 0 saturated heterocycles. The largest absolute Gasteiger partial charge is 0.497 e. The molecule has 3 rings (SSSR count). The molecule has 0 saturated carbocycles. The molecule has 2 N–H and O–H groups in total. The number of anilines is 2. The van der Waals surface area contributed by atoms with Gasteiger partial charge in [0.25, 0.3) is 5.91 Å². The van der Waals surface area contributed by atoms with Crippen molar-refractivity contribution in [1.29, 1.82) is 0 Å². The SMILES string of the molecule is COc1ccc(OCc2csc(N(C(C)=O)c3c(C)cc(C)cc3C)n2)c(C(N)=O)c1. The third kappa shape index (κ3) is 4.86. The van der Waals surface area contributed by atoms with Crippen molar-refractivity contribution in [3.05, 3.63) is 63.7 Å². The minimum atomic E-state index is -0.610. The molecule has 1 heterocycles. The van der Waals surface area contributed by atoms with Gasteiger partial charge in [0, 0.05) is 12.3 Å². The maximum atomic E-state index is 12.5. The molecule has 0 spiro atoms. The van der Waals surface area contributed by atoms with Gasteiger partial charge in [0.05, 0.1) is 24.1 Å². The van der Waals surface area contributed by atoms with Gasteiger partial charge in [-0.3, -0.25) is 14.5 Å². The second-order valence-electron chi connectivity index (χ2n) is 7.24. The van der Waals surface area contributed by atoms with Gasteiger partial charge in [-0.25, -0.2) is 4.98 Å². The third-order valence-electron chi connectivity index (χ3n) is 4.73. The van der Waals surface area contributed by atoms with Crippen molar-refractivity contribution in [2.75, 3.05) is 12.0 Å². The van der Waals surface area contributed by atoms with Crippen LogP contribution in [0, 0.1) is 20.8 Å². The van der Waals surface area contributed by atoms with Gasteiger partial charge in [0.15, 0.2) is 5.13 Å². The number of carbonyl (C=O) groups is 2. The van der Waals surface area contributed by atoms with Crippen LogP contribution in [-0.2, 0) is 11.4 Å². The van der Waals surface area contributed by atoms with Crippen molar-refractivity contribution in [3.63, 3.8) is 0 Å². The lowest BCUT2D eigenvalue weighted by Crippen LogP contribution is -2.24. The number of rotatable bonds is 7. The van der Waals surface area contributed by atoms with E-state index >= 15 is 0 Å². The van der Waals surface area contributed by atoms with Gasteiger partial charge < -0.3 is 15.2 Å². The first-order chi connectivity index (χ1) is 14.7. The lowest BCUT2D eigenvalue weighted by Gasteiger charge is -2.23. The summed E-state index contributed by atoms with van der Waals surface area (Å²) in [6.45, 7) is 7.64. The number of hydrogen-bond acceptors (Lipinski definition) is 6. The number of aryl methyl sites for hydroxylation is 3. The summed E-state index contributed by atoms with van der Waals surface area (Å²) in [5.41, 5.74) is 10.3. The maximum Gasteiger partial charge on any atom is 0.252 e. The average molecular weight is 440 g/mol. The summed E-state index contributed by atoms with van der Waals surface area (Å²) >= 11 is 1.36. The van der Waals surface area contributed by atoms with Gasteiger partial charge in [0.2, 0.25) is 5.91 Å². The second kappa shape index (κ2) is 9.18. The number of nitrogens with zero attached hydrogens (tertiary/aromatic N) is 2. The van der Waals surface area contributed by atoms with Crippen molar-refractivity contribution in [3.8, 4) is 11.5 Å². The topological polar surface area (TPSA) is 94.8 Å². The lowest BCUT2D eigenvalue weighted by atomic mass is 10.0. The molecule has 0 aliphatic heterocycles. The zero-order valence-corrected chi connectivity index (χ0v) is 19.0. The van der Waals surface area contributed by atoms with E-state index in [1.807, 2.05) is 38.3 Å². The minimum Gasteiger partial charge on any atom is -0.497 e. The molecule has 0 radical (unpaired) electrons. The van der Waals surface area contributed by atoms with E-state index < -0.39 is 5.91 Å². The number of thiazole rings is 1. The summed E-state index contributed by atoms with van der Waals surface area (Å²) in [6.07, 6.45) is 0. The second-order valence-corrected chi connectivity index (χ2v) is 8.07. The molecule has 0 aliphatic rings. The molecular weight excluding hydrogens is 414 g/mol. The van der Waals surface area contributed by atoms with E-state index in [1.54, 1.807) is 17.0 Å². The van der Waals surface area contributed by atoms with Crippen molar-refractivity contribution in [1.82, 2.24) is 4.98 Å². The Morgan fingerprint density at radius 2 is 1.81 bits per heavy atom. The van der Waals surface area contributed by atoms with Crippen LogP contribution < -0.4 is 20.1 Å². The fourth-order valence-corrected chi connectivity index (χ4v) is 4.34. The van der Waals surface area contributed by atoms with E-state index in [0.717, 1.165) is 22.4 Å². The molecule has 2 aromatic carbocycles. The Morgan fingerprint density at radius 3 is 2.39 bits per heavy atom. The highest BCUT2D eigenvalue weighted by Gasteiger charge is 2.22. The van der Waals surface area contributed by atoms with Crippen LogP contribution in [0.25, 0.3) is 0 Å². The monoisotopic (exact) mass is 439 g/mol. The first kappa shape index (κ1) is 22.3. The lowest BCUT2D eigenvalue weighted by molar-refractivity contribution is -0.115. The quantitative estimate of drug-likeness (QED) is 0.587. The Hall–Kier alpha value is -3.39. The standard InChI is InChI=1S/C23H25N3O4S/c1-13-8-14(2)21(15(3)9-13)26(16(4)27)23-25-17(12-31-23)11-30-20-7-6-18(29-5)10-19(20)22(24)28/h6-10,12H,11H2,1-5H3,(H2,24,28). The maximum absolute atomic E-state index is 12.5. The van der Waals surface area contributed by atoms with Gasteiger partial charge >= 0.3 is 0 Å². The zero-order chi connectivity index (χ0) is 22.7. The molecule has 0 fully saturated rings. The number of methoxy groups -OCH3 is 1. The number of ether oxygens (including phenoxy) is 2. The number of amides is 2. The van der Waals surface area contributed by atoms with Gasteiger partial charge in [0.1, 0.15) is 18.1 Å². The van der Waals surface area contributed by atoms with Crippen LogP contribution in [0.15, 0.2) is 35.7 Å². The fourth-order valence-electron chi connectivity index (χ4n) is 3.48. The van der Waals surface area contributed by atoms with Crippen LogP contribution in [0.3, 0.4) is 0 Å². The smallest absolute Gasteiger partial charge is 0.252 e. The predicted octanol–water partition coefficient (Wildman–Crippen LogP) is 4.44. The summed E-state index contributed by atoms with van der Waals surface area (Å²) in [5, 5.41) is 2.39. The Morgan fingerprint density at radius 1 is 1.13 bits per heavy atom. The average Bonchev–Trinajstić information content (AvgIpc) is 3.16. The van der Waals surface area contributed by atoms with Gasteiger partial charge in [-0.1, -0.05) is 17.7 Å². The summed E-state index contributed by atoms with van der Waals surface area (Å²) in [4.78, 5) is 30.5. The molecule has 0 aliphatic carbocycles. The zero-order valence-electron chi connectivity index (χ0n) is 18.2. The third-order valence-corrected chi connectivity index (χ3v) is 5.61. The number of carbonyl (C=O) groups excluding carboxylic acids is 2. The summed E-state index contributed by atoms with van der Waals surface area (Å²) in [5.74, 6) is 0.124. The molecule has 0 unspecified atom stereocenters. The summed E-state index contributed by atoms with van der Waals surface area (Å²) < 4.78 is 10.9. The Bertz CT molecular complexity index is 1120. The Labute approximate surface area is 185 Å². The van der Waals surface area contributed by atoms with Gasteiger partial charge in [-0.05, 0) is 50.1 Å². The fraction of sp³-hybridized carbons (Fsp3) is 0.261. The van der Waals surface area contributed by atoms with Gasteiger partial charge in [-0.15, -0.1) is 11.3 Å². The summed E-state index contributed by atoms with van der Waals surface area (Å²) in [6, 6.07) is 8.95. The van der Waals surface area contributed by atoms with E-state index in [0.29, 0.717) is 22.3 Å². The predicted molar refractivity (Wildman–Crippen MR) is 121 cm³/mol. The van der Waals surface area contributed by atoms with E-state index in [1.165, 1.54) is 31.4 Å². The number of primary amides is 1. The van der Waals surface area contributed by atoms with Crippen molar-refractivity contribution >= 4 is 34.0 Å². The highest BCUT2D eigenvalue weighted by molar-refractivity contribution is 7.14. The van der Waals surface area contributed by atoms with E-state index in [9.17, 15) is 9.59 Å². The van der Waals surface area contributed by atoms with Crippen molar-refractivity contribution in [2.45, 2.75) is 34.3 Å². The molecule has 162 valence electrons. The number of hydrogen-bond donors (Lipinski definition) is 1. The minimum absolute atomic E-state index is 0.122. The van der Waals surface area contributed by atoms with E-state index in [-0.39, 0.29) is 18.1 Å². The molecule has 2 amide bonds. The molecule has 3 aromatic rings. The number of benzene rings is 2. The Balaban J connectivity index is 1.86. The van der Waals surface area contributed by atoms with E-state index in [4.69, 9.17) is 15.2 Å². The molecule has 8 heteroatoms. The first-order valence-corrected chi connectivity index (χ1v) is 10.5. The Kier molecular flexibility index (Phi) is 6.60. The van der Waals surface area contributed by atoms with Crippen LogP contribution in [0.5, 0.6) is 11.5 Å². The molecule has 0 atom stereocenters. The van der Waals surface area contributed by atoms with Crippen LogP contribution >= 0.6 is 11.3 Å².